The molecule has 0 aliphatic heterocycles. The van der Waals surface area contributed by atoms with Crippen molar-refractivity contribution in [1.29, 1.82) is 0 Å². The molecule has 0 aliphatic carbocycles. The van der Waals surface area contributed by atoms with E-state index >= 15 is 0 Å². The van der Waals surface area contributed by atoms with Crippen molar-refractivity contribution in [3.63, 3.8) is 0 Å². The lowest BCUT2D eigenvalue weighted by molar-refractivity contribution is 0.204. The Kier molecular flexibility index (Phi) is 23.0. The van der Waals surface area contributed by atoms with Crippen LogP contribution in [0, 0.1) is 5.92 Å². The molecule has 1 N–H and O–H groups in total. The van der Waals surface area contributed by atoms with Crippen LogP contribution in [0.15, 0.2) is 0 Å². The van der Waals surface area contributed by atoms with E-state index in [0.717, 1.165) is 0 Å². The summed E-state index contributed by atoms with van der Waals surface area (Å²) < 4.78 is 0. The van der Waals surface area contributed by atoms with E-state index in [1.165, 1.54) is 135 Å². The zero-order valence-corrected chi connectivity index (χ0v) is 18.6. The van der Waals surface area contributed by atoms with E-state index in [2.05, 4.69) is 13.8 Å². The van der Waals surface area contributed by atoms with Crippen LogP contribution in [0.5, 0.6) is 0 Å². The summed E-state index contributed by atoms with van der Waals surface area (Å²) in [6, 6.07) is 0. The largest absolute Gasteiger partial charge is 0.396 e. The van der Waals surface area contributed by atoms with Gasteiger partial charge in [-0.25, -0.2) is 0 Å². The summed E-state index contributed by atoms with van der Waals surface area (Å²) in [5.41, 5.74) is 0. The first-order valence-electron chi connectivity index (χ1n) is 12.5. The fraction of sp³-hybridized carbons (Fsp3) is 1.00. The first-order chi connectivity index (χ1) is 12.8. The van der Waals surface area contributed by atoms with Gasteiger partial charge in [0.25, 0.3) is 0 Å². The number of aliphatic hydroxyl groups excluding tert-OH is 1. The molecule has 26 heavy (non-hydrogen) atoms. The van der Waals surface area contributed by atoms with Crippen molar-refractivity contribution in [2.45, 2.75) is 149 Å². The highest BCUT2D eigenvalue weighted by Gasteiger charge is 2.06. The third kappa shape index (κ3) is 20.3. The molecule has 0 radical (unpaired) electrons. The molecule has 0 saturated heterocycles. The van der Waals surface area contributed by atoms with Crippen molar-refractivity contribution in [2.24, 2.45) is 5.92 Å². The number of aliphatic hydroxyl groups is 1. The summed E-state index contributed by atoms with van der Waals surface area (Å²) in [4.78, 5) is 0. The summed E-state index contributed by atoms with van der Waals surface area (Å²) in [5.74, 6) is 0.577. The van der Waals surface area contributed by atoms with Gasteiger partial charge in [0, 0.05) is 6.61 Å². The molecule has 1 atom stereocenters. The lowest BCUT2D eigenvalue weighted by atomic mass is 9.94. The van der Waals surface area contributed by atoms with Gasteiger partial charge >= 0.3 is 0 Å². The summed E-state index contributed by atoms with van der Waals surface area (Å²) in [7, 11) is 0. The summed E-state index contributed by atoms with van der Waals surface area (Å²) in [5, 5.41) is 9.59. The molecule has 0 aromatic heterocycles. The first-order valence-corrected chi connectivity index (χ1v) is 12.5. The van der Waals surface area contributed by atoms with Crippen LogP contribution in [-0.2, 0) is 0 Å². The molecule has 0 heterocycles. The first kappa shape index (κ1) is 26.0. The highest BCUT2D eigenvalue weighted by molar-refractivity contribution is 4.59. The SMILES string of the molecule is CCCCCCCCCCCCCC(CO)CCCCCCCCCC. The second kappa shape index (κ2) is 23.0. The lowest BCUT2D eigenvalue weighted by Crippen LogP contribution is -2.06. The smallest absolute Gasteiger partial charge is 0.0459 e. The van der Waals surface area contributed by atoms with Gasteiger partial charge in [0.05, 0.1) is 0 Å². The topological polar surface area (TPSA) is 20.2 Å². The van der Waals surface area contributed by atoms with Crippen LogP contribution in [0.25, 0.3) is 0 Å². The molecular formula is C25H52O. The Morgan fingerprint density at radius 2 is 0.692 bits per heavy atom. The number of unbranched alkanes of at least 4 members (excludes halogenated alkanes) is 17. The summed E-state index contributed by atoms with van der Waals surface area (Å²) >= 11 is 0. The van der Waals surface area contributed by atoms with Crippen molar-refractivity contribution in [3.8, 4) is 0 Å². The Labute approximate surface area is 166 Å². The molecule has 0 rings (SSSR count). The minimum absolute atomic E-state index is 0.411. The van der Waals surface area contributed by atoms with Crippen molar-refractivity contribution in [1.82, 2.24) is 0 Å². The Morgan fingerprint density at radius 1 is 0.423 bits per heavy atom. The third-order valence-corrected chi connectivity index (χ3v) is 5.94. The normalized spacial score (nSPS) is 12.6. The fourth-order valence-corrected chi connectivity index (χ4v) is 3.99. The molecule has 158 valence electrons. The van der Waals surface area contributed by atoms with Crippen LogP contribution in [-0.4, -0.2) is 11.7 Å². The molecule has 0 spiro atoms. The van der Waals surface area contributed by atoms with Crippen LogP contribution in [0.2, 0.25) is 0 Å². The minimum atomic E-state index is 0.411. The standard InChI is InChI=1S/C25H52O/c1-3-5-7-9-11-13-14-15-17-19-21-23-25(24-26)22-20-18-16-12-10-8-6-4-2/h25-26H,3-24H2,1-2H3. The highest BCUT2D eigenvalue weighted by atomic mass is 16.3. The van der Waals surface area contributed by atoms with Crippen molar-refractivity contribution >= 4 is 0 Å². The zero-order valence-electron chi connectivity index (χ0n) is 18.6. The maximum Gasteiger partial charge on any atom is 0.0459 e. The molecule has 0 aliphatic rings. The second-order valence-electron chi connectivity index (χ2n) is 8.64. The maximum atomic E-state index is 9.59. The van der Waals surface area contributed by atoms with E-state index in [1.54, 1.807) is 0 Å². The van der Waals surface area contributed by atoms with E-state index in [-0.39, 0.29) is 0 Å². The van der Waals surface area contributed by atoms with Gasteiger partial charge < -0.3 is 5.11 Å². The van der Waals surface area contributed by atoms with Crippen molar-refractivity contribution in [2.75, 3.05) is 6.61 Å². The molecule has 0 bridgehead atoms. The molecule has 1 heteroatoms. The summed E-state index contributed by atoms with van der Waals surface area (Å²) in [6.07, 6.45) is 29.2. The average molecular weight is 369 g/mol. The zero-order chi connectivity index (χ0) is 19.1. The molecular weight excluding hydrogens is 316 g/mol. The predicted molar refractivity (Wildman–Crippen MR) is 119 cm³/mol. The van der Waals surface area contributed by atoms with E-state index in [1.807, 2.05) is 0 Å². The Balaban J connectivity index is 3.27. The Bertz CT molecular complexity index is 238. The highest BCUT2D eigenvalue weighted by Crippen LogP contribution is 2.19. The van der Waals surface area contributed by atoms with E-state index in [4.69, 9.17) is 0 Å². The molecule has 0 aromatic rings. The van der Waals surface area contributed by atoms with E-state index in [9.17, 15) is 5.11 Å². The van der Waals surface area contributed by atoms with Crippen molar-refractivity contribution in [3.05, 3.63) is 0 Å². The number of hydrogen-bond donors (Lipinski definition) is 1. The van der Waals surface area contributed by atoms with Gasteiger partial charge in [-0.2, -0.15) is 0 Å². The van der Waals surface area contributed by atoms with Crippen LogP contribution in [0.4, 0.5) is 0 Å². The van der Waals surface area contributed by atoms with Gasteiger partial charge in [-0.3, -0.25) is 0 Å². The molecule has 1 nitrogen and oxygen atoms in total. The molecule has 0 fully saturated rings. The van der Waals surface area contributed by atoms with Crippen molar-refractivity contribution < 1.29 is 5.11 Å². The Morgan fingerprint density at radius 3 is 0.962 bits per heavy atom. The Hall–Kier alpha value is -0.0400. The van der Waals surface area contributed by atoms with Crippen LogP contribution >= 0.6 is 0 Å². The van der Waals surface area contributed by atoms with Gasteiger partial charge in [-0.05, 0) is 18.8 Å². The van der Waals surface area contributed by atoms with E-state index < -0.39 is 0 Å². The average Bonchev–Trinajstić information content (AvgIpc) is 2.66. The molecule has 1 unspecified atom stereocenters. The van der Waals surface area contributed by atoms with E-state index in [0.29, 0.717) is 12.5 Å². The van der Waals surface area contributed by atoms with Crippen LogP contribution in [0.1, 0.15) is 149 Å². The number of hydrogen-bond acceptors (Lipinski definition) is 1. The number of rotatable bonds is 22. The molecule has 0 amide bonds. The van der Waals surface area contributed by atoms with Crippen LogP contribution < -0.4 is 0 Å². The monoisotopic (exact) mass is 368 g/mol. The summed E-state index contributed by atoms with van der Waals surface area (Å²) in [6.45, 7) is 4.98. The fourth-order valence-electron chi connectivity index (χ4n) is 3.99. The molecule has 0 aromatic carbocycles. The minimum Gasteiger partial charge on any atom is -0.396 e. The predicted octanol–water partition coefficient (Wildman–Crippen LogP) is 8.83. The van der Waals surface area contributed by atoms with Gasteiger partial charge in [0.15, 0.2) is 0 Å². The maximum absolute atomic E-state index is 9.59. The van der Waals surface area contributed by atoms with Crippen LogP contribution in [0.3, 0.4) is 0 Å². The lowest BCUT2D eigenvalue weighted by Gasteiger charge is -2.13. The van der Waals surface area contributed by atoms with Gasteiger partial charge in [0.1, 0.15) is 0 Å². The van der Waals surface area contributed by atoms with Gasteiger partial charge in [-0.15, -0.1) is 0 Å². The third-order valence-electron chi connectivity index (χ3n) is 5.94. The second-order valence-corrected chi connectivity index (χ2v) is 8.64. The van der Waals surface area contributed by atoms with Gasteiger partial charge in [0.2, 0.25) is 0 Å². The van der Waals surface area contributed by atoms with Gasteiger partial charge in [-0.1, -0.05) is 136 Å². The quantitative estimate of drug-likeness (QED) is 0.189. The molecule has 0 saturated carbocycles.